The van der Waals surface area contributed by atoms with E-state index in [2.05, 4.69) is 26.1 Å². The summed E-state index contributed by atoms with van der Waals surface area (Å²) in [4.78, 5) is 0. The Balaban J connectivity index is 2.59. The fourth-order valence-electron chi connectivity index (χ4n) is 1.94. The average Bonchev–Trinajstić information content (AvgIpc) is 2.29. The van der Waals surface area contributed by atoms with Crippen LogP contribution in [0.15, 0.2) is 0 Å². The number of nitrogens with two attached hydrogens (primary N) is 1. The van der Waals surface area contributed by atoms with Crippen LogP contribution in [0.5, 0.6) is 0 Å². The molecule has 1 aliphatic heterocycles. The average molecular weight is 172 g/mol. The Morgan fingerprint density at radius 3 is 2.50 bits per heavy atom. The lowest BCUT2D eigenvalue weighted by molar-refractivity contribution is 0.0334. The zero-order valence-corrected chi connectivity index (χ0v) is 8.31. The van der Waals surface area contributed by atoms with Crippen molar-refractivity contribution in [2.45, 2.75) is 38.3 Å². The van der Waals surface area contributed by atoms with Crippen molar-refractivity contribution >= 4 is 0 Å². The van der Waals surface area contributed by atoms with Crippen LogP contribution in [-0.4, -0.2) is 30.8 Å². The molecule has 3 heteroatoms. The highest BCUT2D eigenvalue weighted by Gasteiger charge is 2.42. The van der Waals surface area contributed by atoms with E-state index in [-0.39, 0.29) is 11.1 Å². The predicted octanol–water partition coefficient (Wildman–Crippen LogP) is 0.492. The Morgan fingerprint density at radius 1 is 1.50 bits per heavy atom. The Bertz CT molecular complexity index is 159. The molecule has 0 aliphatic carbocycles. The number of hydrogen-bond donors (Lipinski definition) is 2. The molecule has 1 rings (SSSR count). The van der Waals surface area contributed by atoms with E-state index in [4.69, 9.17) is 10.5 Å². The van der Waals surface area contributed by atoms with Crippen LogP contribution in [-0.2, 0) is 4.74 Å². The number of hydrogen-bond acceptors (Lipinski definition) is 3. The summed E-state index contributed by atoms with van der Waals surface area (Å²) in [6.45, 7) is 8.68. The number of rotatable bonds is 3. The first-order valence-corrected chi connectivity index (χ1v) is 4.63. The first-order valence-electron chi connectivity index (χ1n) is 4.63. The Hall–Kier alpha value is -0.120. The molecule has 0 radical (unpaired) electrons. The maximum absolute atomic E-state index is 5.73. The fraction of sp³-hybridized carbons (Fsp3) is 1.00. The fourth-order valence-corrected chi connectivity index (χ4v) is 1.94. The predicted molar refractivity (Wildman–Crippen MR) is 50.1 cm³/mol. The maximum Gasteiger partial charge on any atom is 0.0669 e. The van der Waals surface area contributed by atoms with Gasteiger partial charge in [0.25, 0.3) is 0 Å². The van der Waals surface area contributed by atoms with Gasteiger partial charge >= 0.3 is 0 Å². The van der Waals surface area contributed by atoms with E-state index in [9.17, 15) is 0 Å². The topological polar surface area (TPSA) is 47.3 Å². The normalized spacial score (nSPS) is 34.0. The Labute approximate surface area is 74.7 Å². The van der Waals surface area contributed by atoms with Crippen molar-refractivity contribution in [2.75, 3.05) is 19.7 Å². The van der Waals surface area contributed by atoms with Gasteiger partial charge in [-0.3, -0.25) is 0 Å². The van der Waals surface area contributed by atoms with E-state index in [1.54, 1.807) is 0 Å². The van der Waals surface area contributed by atoms with Crippen LogP contribution in [0.4, 0.5) is 0 Å². The van der Waals surface area contributed by atoms with Gasteiger partial charge in [-0.1, -0.05) is 6.92 Å². The molecule has 3 nitrogen and oxygen atoms in total. The van der Waals surface area contributed by atoms with Gasteiger partial charge in [-0.15, -0.1) is 0 Å². The molecule has 12 heavy (non-hydrogen) atoms. The molecule has 0 aromatic rings. The highest BCUT2D eigenvalue weighted by Crippen LogP contribution is 2.31. The van der Waals surface area contributed by atoms with Gasteiger partial charge in [0.05, 0.1) is 17.7 Å². The molecular weight excluding hydrogens is 152 g/mol. The minimum atomic E-state index is -0.0124. The third-order valence-corrected chi connectivity index (χ3v) is 2.45. The van der Waals surface area contributed by atoms with Gasteiger partial charge in [0, 0.05) is 6.54 Å². The van der Waals surface area contributed by atoms with Crippen LogP contribution in [0.3, 0.4) is 0 Å². The molecule has 3 N–H and O–H groups in total. The van der Waals surface area contributed by atoms with E-state index in [1.807, 2.05) is 0 Å². The summed E-state index contributed by atoms with van der Waals surface area (Å²) in [5.41, 5.74) is 5.75. The summed E-state index contributed by atoms with van der Waals surface area (Å²) in [7, 11) is 0. The van der Waals surface area contributed by atoms with Crippen molar-refractivity contribution in [3.63, 3.8) is 0 Å². The van der Waals surface area contributed by atoms with E-state index in [0.29, 0.717) is 6.54 Å². The van der Waals surface area contributed by atoms with Gasteiger partial charge < -0.3 is 15.8 Å². The molecule has 1 aliphatic rings. The second-order valence-corrected chi connectivity index (χ2v) is 4.24. The van der Waals surface area contributed by atoms with Crippen LogP contribution in [0.2, 0.25) is 0 Å². The van der Waals surface area contributed by atoms with Crippen LogP contribution in [0.25, 0.3) is 0 Å². The molecule has 1 fully saturated rings. The van der Waals surface area contributed by atoms with Crippen LogP contribution >= 0.6 is 0 Å². The molecule has 0 aromatic heterocycles. The van der Waals surface area contributed by atoms with Gasteiger partial charge in [0.1, 0.15) is 0 Å². The summed E-state index contributed by atoms with van der Waals surface area (Å²) < 4.78 is 5.66. The monoisotopic (exact) mass is 172 g/mol. The first kappa shape index (κ1) is 9.96. The summed E-state index contributed by atoms with van der Waals surface area (Å²) in [5.74, 6) is 0. The zero-order chi connectivity index (χ0) is 9.24. The lowest BCUT2D eigenvalue weighted by Crippen LogP contribution is -2.52. The zero-order valence-electron chi connectivity index (χ0n) is 8.31. The van der Waals surface area contributed by atoms with Gasteiger partial charge in [-0.2, -0.15) is 0 Å². The molecule has 0 aromatic carbocycles. The van der Waals surface area contributed by atoms with Crippen molar-refractivity contribution in [2.24, 2.45) is 5.73 Å². The maximum atomic E-state index is 5.73. The van der Waals surface area contributed by atoms with Crippen LogP contribution < -0.4 is 11.1 Å². The third kappa shape index (κ3) is 1.97. The van der Waals surface area contributed by atoms with Gasteiger partial charge in [0.15, 0.2) is 0 Å². The number of ether oxygens (including phenoxy) is 1. The molecule has 0 saturated carbocycles. The Morgan fingerprint density at radius 2 is 2.17 bits per heavy atom. The summed E-state index contributed by atoms with van der Waals surface area (Å²) >= 11 is 0. The third-order valence-electron chi connectivity index (χ3n) is 2.45. The molecular formula is C9H20N2O. The van der Waals surface area contributed by atoms with Crippen molar-refractivity contribution in [1.29, 1.82) is 0 Å². The number of nitrogens with one attached hydrogen (secondary N) is 1. The lowest BCUT2D eigenvalue weighted by Gasteiger charge is -2.27. The van der Waals surface area contributed by atoms with Crippen molar-refractivity contribution in [3.05, 3.63) is 0 Å². The van der Waals surface area contributed by atoms with Crippen molar-refractivity contribution < 1.29 is 4.74 Å². The second-order valence-electron chi connectivity index (χ2n) is 4.24. The quantitative estimate of drug-likeness (QED) is 0.651. The molecule has 72 valence electrons. The van der Waals surface area contributed by atoms with Gasteiger partial charge in [0.2, 0.25) is 0 Å². The van der Waals surface area contributed by atoms with Crippen LogP contribution in [0, 0.1) is 0 Å². The molecule has 1 unspecified atom stereocenters. The van der Waals surface area contributed by atoms with Crippen molar-refractivity contribution in [1.82, 2.24) is 5.32 Å². The smallest absolute Gasteiger partial charge is 0.0669 e. The largest absolute Gasteiger partial charge is 0.374 e. The molecule has 1 atom stereocenters. The van der Waals surface area contributed by atoms with Gasteiger partial charge in [-0.25, -0.2) is 0 Å². The van der Waals surface area contributed by atoms with E-state index >= 15 is 0 Å². The minimum absolute atomic E-state index is 0.0124. The Kier molecular flexibility index (Phi) is 2.76. The number of likely N-dealkylation sites (N-methyl/N-ethyl adjacent to an activating group) is 1. The highest BCUT2D eigenvalue weighted by atomic mass is 16.5. The van der Waals surface area contributed by atoms with E-state index < -0.39 is 0 Å². The first-order chi connectivity index (χ1) is 5.54. The van der Waals surface area contributed by atoms with Crippen molar-refractivity contribution in [3.8, 4) is 0 Å². The molecule has 1 saturated heterocycles. The molecule has 0 bridgehead atoms. The summed E-state index contributed by atoms with van der Waals surface area (Å²) in [6.07, 6.45) is 1.00. The summed E-state index contributed by atoms with van der Waals surface area (Å²) in [5, 5.41) is 3.41. The van der Waals surface area contributed by atoms with Gasteiger partial charge in [-0.05, 0) is 26.8 Å². The van der Waals surface area contributed by atoms with Crippen LogP contribution in [0.1, 0.15) is 27.2 Å². The molecule has 1 heterocycles. The molecule has 0 amide bonds. The van der Waals surface area contributed by atoms with E-state index in [1.165, 1.54) is 0 Å². The standard InChI is InChI=1S/C9H20N2O/c1-4-11-9(6-10)5-8(2,3)12-7-9/h11H,4-7,10H2,1-3H3. The SMILES string of the molecule is CCNC1(CN)COC(C)(C)C1. The minimum Gasteiger partial charge on any atom is -0.374 e. The second kappa shape index (κ2) is 3.32. The van der Waals surface area contributed by atoms with E-state index in [0.717, 1.165) is 19.6 Å². The summed E-state index contributed by atoms with van der Waals surface area (Å²) in [6, 6.07) is 0. The molecule has 0 spiro atoms. The lowest BCUT2D eigenvalue weighted by atomic mass is 9.90. The highest BCUT2D eigenvalue weighted by molar-refractivity contribution is 4.99.